The predicted octanol–water partition coefficient (Wildman–Crippen LogP) is 15.3. The number of carbonyl (C=O) groups excluding carboxylic acids is 6. The number of aliphatic hydroxyl groups is 2. The van der Waals surface area contributed by atoms with E-state index in [9.17, 15) is 33.9 Å². The van der Waals surface area contributed by atoms with E-state index < -0.39 is 11.2 Å². The minimum absolute atomic E-state index is 0.0148. The Labute approximate surface area is 570 Å². The number of ether oxygens (including phenoxy) is 8. The summed E-state index contributed by atoms with van der Waals surface area (Å²) in [6.07, 6.45) is 3.15. The summed E-state index contributed by atoms with van der Waals surface area (Å²) in [5.41, 5.74) is 5.95. The Hall–Kier alpha value is -5.72. The van der Waals surface area contributed by atoms with Gasteiger partial charge in [-0.1, -0.05) is 181 Å². The van der Waals surface area contributed by atoms with E-state index in [1.54, 1.807) is 35.0 Å². The zero-order valence-electron chi connectivity index (χ0n) is 63.5. The molecule has 0 radical (unpaired) electrons. The molecule has 1 saturated heterocycles. The molecule has 0 aliphatic carbocycles. The zero-order valence-corrected chi connectivity index (χ0v) is 63.5. The molecule has 1 aromatic rings. The Morgan fingerprint density at radius 3 is 1.29 bits per heavy atom. The maximum atomic E-state index is 11.8. The molecule has 2 rings (SSSR count). The van der Waals surface area contributed by atoms with Crippen molar-refractivity contribution in [1.29, 1.82) is 0 Å². The number of amides is 1. The van der Waals surface area contributed by atoms with Crippen LogP contribution in [0.4, 0.5) is 0 Å². The van der Waals surface area contributed by atoms with Crippen molar-refractivity contribution in [2.45, 2.75) is 200 Å². The Bertz CT molecular complexity index is 2420. The van der Waals surface area contributed by atoms with Crippen molar-refractivity contribution in [1.82, 2.24) is 4.90 Å². The zero-order chi connectivity index (χ0) is 74.1. The number of carbonyl (C=O) groups is 6. The number of nitrogens with zero attached hydrogens (tertiary/aromatic N) is 1. The van der Waals surface area contributed by atoms with E-state index in [0.29, 0.717) is 74.2 Å². The van der Waals surface area contributed by atoms with Crippen molar-refractivity contribution in [2.24, 2.45) is 71.0 Å². The molecule has 0 spiro atoms. The van der Waals surface area contributed by atoms with Gasteiger partial charge in [-0.3, -0.25) is 28.8 Å². The fourth-order valence-electron chi connectivity index (χ4n) is 10.2. The maximum Gasteiger partial charge on any atom is 0.306 e. The standard InChI is InChI=1S/C16H23NO.C13H22O3.C13H24O3.2C12H22O3.C11H20O3/c1-6-17(14(5)18)16(13(4)12(2)3)15-10-8-7-9-11-15;1-9(2)10(3)12(7-13(14)15-4)11-5-6-16-8-11;1-9(2)10(3)11(8-12(14)15-6)13(4,5)16-7;1-8(2)9(3)10(12(4,5)14)7-11(13)15-6;1-8(2)9(3)11(10(4)14-5)7-12(13)15-6;1-8(2)9(3)10(5-6-12)7-11(13)14-4/h7-12,16H,4,6H2,1-3,5H3;9,11-12H,3,5-8H2,1-2,4H3;9,11H,3,8H2,1-2,4-7H3;8,10,14H,3,7H2,1-2,4-6H3;8,10-11H,3,7H2,1-2,4-6H3;8,10,12H,3,5-7H2,1-2,4H3. The summed E-state index contributed by atoms with van der Waals surface area (Å²) in [7, 11) is 10.2. The molecule has 542 valence electrons. The number of benzene rings is 1. The number of aliphatic hydroxyl groups excluding tert-OH is 1. The van der Waals surface area contributed by atoms with Crippen LogP contribution in [0.5, 0.6) is 0 Å². The van der Waals surface area contributed by atoms with Gasteiger partial charge in [0.25, 0.3) is 0 Å². The van der Waals surface area contributed by atoms with Crippen LogP contribution in [0.3, 0.4) is 0 Å². The number of methoxy groups -OCH3 is 7. The molecule has 2 N–H and O–H groups in total. The topological polar surface area (TPSA) is 220 Å². The maximum absolute atomic E-state index is 11.8. The number of esters is 5. The van der Waals surface area contributed by atoms with Crippen molar-refractivity contribution in [3.05, 3.63) is 109 Å². The van der Waals surface area contributed by atoms with E-state index in [4.69, 9.17) is 28.8 Å². The van der Waals surface area contributed by atoms with E-state index in [2.05, 4.69) is 121 Å². The van der Waals surface area contributed by atoms with E-state index in [0.717, 1.165) is 58.6 Å². The summed E-state index contributed by atoms with van der Waals surface area (Å²) in [4.78, 5) is 70.0. The van der Waals surface area contributed by atoms with Crippen molar-refractivity contribution < 1.29 is 76.9 Å². The quantitative estimate of drug-likeness (QED) is 0.0380. The lowest BCUT2D eigenvalue weighted by Crippen LogP contribution is -2.37. The third kappa shape index (κ3) is 37.5. The molecule has 0 bridgehead atoms. The van der Waals surface area contributed by atoms with Gasteiger partial charge in [-0.25, -0.2) is 0 Å². The molecule has 0 aromatic heterocycles. The van der Waals surface area contributed by atoms with E-state index in [1.807, 2.05) is 78.5 Å². The number of likely N-dealkylation sites (N-methyl/N-ethyl adjacent to an activating group) is 1. The van der Waals surface area contributed by atoms with Gasteiger partial charge in [0.15, 0.2) is 0 Å². The van der Waals surface area contributed by atoms with Gasteiger partial charge in [-0.15, -0.1) is 0 Å². The van der Waals surface area contributed by atoms with Gasteiger partial charge in [0, 0.05) is 58.7 Å². The molecule has 1 aliphatic rings. The van der Waals surface area contributed by atoms with Gasteiger partial charge in [0.05, 0.1) is 97.6 Å². The first-order chi connectivity index (χ1) is 43.5. The molecule has 94 heavy (non-hydrogen) atoms. The van der Waals surface area contributed by atoms with Crippen molar-refractivity contribution in [2.75, 3.05) is 76.1 Å². The molecule has 1 fully saturated rings. The van der Waals surface area contributed by atoms with Crippen LogP contribution in [0.1, 0.15) is 188 Å². The highest BCUT2D eigenvalue weighted by Crippen LogP contribution is 2.37. The van der Waals surface area contributed by atoms with E-state index >= 15 is 0 Å². The first-order valence-corrected chi connectivity index (χ1v) is 33.2. The van der Waals surface area contributed by atoms with Crippen LogP contribution in [0.25, 0.3) is 0 Å². The molecule has 17 heteroatoms. The van der Waals surface area contributed by atoms with Crippen molar-refractivity contribution in [3.8, 4) is 0 Å². The first-order valence-electron chi connectivity index (χ1n) is 33.2. The average molecular weight is 1330 g/mol. The average Bonchev–Trinajstić information content (AvgIpc) is 0.994. The Morgan fingerprint density at radius 1 is 0.553 bits per heavy atom. The fourth-order valence-corrected chi connectivity index (χ4v) is 10.2. The fraction of sp³-hybridized carbons (Fsp3) is 0.688. The van der Waals surface area contributed by atoms with Gasteiger partial charge in [0.1, 0.15) is 0 Å². The van der Waals surface area contributed by atoms with Gasteiger partial charge in [-0.05, 0) is 119 Å². The van der Waals surface area contributed by atoms with Crippen LogP contribution in [0.2, 0.25) is 0 Å². The van der Waals surface area contributed by atoms with Crippen LogP contribution >= 0.6 is 0 Å². The van der Waals surface area contributed by atoms with Crippen LogP contribution in [0, 0.1) is 71.0 Å². The largest absolute Gasteiger partial charge is 0.469 e. The van der Waals surface area contributed by atoms with Gasteiger partial charge in [0.2, 0.25) is 5.91 Å². The Kier molecular flexibility index (Phi) is 50.1. The molecule has 17 nitrogen and oxygen atoms in total. The molecule has 0 saturated carbocycles. The lowest BCUT2D eigenvalue weighted by Gasteiger charge is -2.35. The second-order valence-electron chi connectivity index (χ2n) is 27.0. The smallest absolute Gasteiger partial charge is 0.306 e. The van der Waals surface area contributed by atoms with Crippen LogP contribution in [-0.4, -0.2) is 144 Å². The molecule has 8 unspecified atom stereocenters. The minimum Gasteiger partial charge on any atom is -0.469 e. The van der Waals surface area contributed by atoms with E-state index in [1.165, 1.54) is 35.5 Å². The second-order valence-corrected chi connectivity index (χ2v) is 27.0. The summed E-state index contributed by atoms with van der Waals surface area (Å²) in [6.45, 7) is 64.3. The molecule has 1 aromatic carbocycles. The van der Waals surface area contributed by atoms with Crippen LogP contribution in [-0.2, 0) is 66.7 Å². The third-order valence-corrected chi connectivity index (χ3v) is 17.6. The third-order valence-electron chi connectivity index (χ3n) is 17.6. The molecule has 8 atom stereocenters. The number of hydrogen-bond donors (Lipinski definition) is 2. The second kappa shape index (κ2) is 49.8. The molecular formula is C77H133NO16. The van der Waals surface area contributed by atoms with Crippen molar-refractivity contribution in [3.63, 3.8) is 0 Å². The van der Waals surface area contributed by atoms with Crippen molar-refractivity contribution >= 4 is 35.8 Å². The SMILES string of the molecule is C=C(C(C)C)C(CC(=O)OC)C(C)(C)O.C=C(C(C)C)C(CC(=O)OC)C(C)(C)OC.C=C(C(C)C)C(CC(=O)OC)C(C)OC.C=C(C(C)C)C(CC(=O)OC)C1CCOC1.C=C(C(C)C)C(CCO)CC(=O)OC.C=C(C(C)C)C(c1ccccc1)N(CC)C(C)=O. The number of hydrogen-bond acceptors (Lipinski definition) is 16. The van der Waals surface area contributed by atoms with Crippen LogP contribution < -0.4 is 0 Å². The highest BCUT2D eigenvalue weighted by molar-refractivity contribution is 5.74. The summed E-state index contributed by atoms with van der Waals surface area (Å²) in [5, 5.41) is 18.8. The number of rotatable bonds is 33. The monoisotopic (exact) mass is 1330 g/mol. The molecular weight excluding hydrogens is 1190 g/mol. The summed E-state index contributed by atoms with van der Waals surface area (Å²) < 4.78 is 39.4. The van der Waals surface area contributed by atoms with E-state index in [-0.39, 0.29) is 96.4 Å². The molecule has 1 heterocycles. The minimum atomic E-state index is -0.949. The highest BCUT2D eigenvalue weighted by atomic mass is 16.5. The normalized spacial score (nSPS) is 14.9. The first kappa shape index (κ1) is 94.7. The van der Waals surface area contributed by atoms with Gasteiger partial charge in [-0.2, -0.15) is 0 Å². The Morgan fingerprint density at radius 2 is 0.947 bits per heavy atom. The van der Waals surface area contributed by atoms with Gasteiger partial charge >= 0.3 is 29.8 Å². The molecule has 1 amide bonds. The Balaban J connectivity index is -0.000000518. The number of allylic oxidation sites excluding steroid dienone is 2. The molecule has 1 aliphatic heterocycles. The summed E-state index contributed by atoms with van der Waals surface area (Å²) >= 11 is 0. The lowest BCUT2D eigenvalue weighted by molar-refractivity contribution is -0.144. The summed E-state index contributed by atoms with van der Waals surface area (Å²) in [5.74, 6) is 1.33. The summed E-state index contributed by atoms with van der Waals surface area (Å²) in [6, 6.07) is 10.1. The lowest BCUT2D eigenvalue weighted by atomic mass is 9.78. The van der Waals surface area contributed by atoms with Gasteiger partial charge < -0.3 is 53.0 Å². The highest BCUT2D eigenvalue weighted by Gasteiger charge is 2.36. The van der Waals surface area contributed by atoms with Crippen LogP contribution in [0.15, 0.2) is 103 Å². The predicted molar refractivity (Wildman–Crippen MR) is 381 cm³/mol.